The average Bonchev–Trinajstić information content (AvgIpc) is 2.78. The number of carbonyl (C=O) groups excluding carboxylic acids is 1. The zero-order valence-corrected chi connectivity index (χ0v) is 16.2. The van der Waals surface area contributed by atoms with Crippen LogP contribution in [-0.4, -0.2) is 25.1 Å². The van der Waals surface area contributed by atoms with E-state index in [4.69, 9.17) is 14.5 Å². The number of anilines is 1. The summed E-state index contributed by atoms with van der Waals surface area (Å²) >= 11 is 0. The fraction of sp³-hybridized carbons (Fsp3) is 0.0833. The maximum atomic E-state index is 13.2. The Morgan fingerprint density at radius 2 is 1.59 bits per heavy atom. The van der Waals surface area contributed by atoms with Crippen molar-refractivity contribution < 1.29 is 14.3 Å². The minimum absolute atomic E-state index is 0.220. The lowest BCUT2D eigenvalue weighted by molar-refractivity contribution is 0.102. The number of ether oxygens (including phenoxy) is 2. The normalized spacial score (nSPS) is 10.6. The Morgan fingerprint density at radius 3 is 2.34 bits per heavy atom. The van der Waals surface area contributed by atoms with E-state index < -0.39 is 0 Å². The molecule has 1 amide bonds. The molecule has 0 radical (unpaired) electrons. The smallest absolute Gasteiger partial charge is 0.256 e. The van der Waals surface area contributed by atoms with E-state index >= 15 is 0 Å². The molecule has 29 heavy (non-hydrogen) atoms. The molecule has 0 aliphatic rings. The Kier molecular flexibility index (Phi) is 5.12. The maximum absolute atomic E-state index is 13.2. The SMILES string of the molecule is COc1ccc(-c2cc(C(=O)Nc3ccccc3OC)c3ccccc3n2)cc1. The Hall–Kier alpha value is -3.86. The number of benzene rings is 3. The van der Waals surface area contributed by atoms with Gasteiger partial charge < -0.3 is 14.8 Å². The third-order valence-corrected chi connectivity index (χ3v) is 4.70. The van der Waals surface area contributed by atoms with Gasteiger partial charge in [-0.1, -0.05) is 30.3 Å². The number of nitrogens with one attached hydrogen (secondary N) is 1. The molecule has 0 atom stereocenters. The van der Waals surface area contributed by atoms with Crippen LogP contribution in [0.25, 0.3) is 22.2 Å². The molecule has 5 nitrogen and oxygen atoms in total. The van der Waals surface area contributed by atoms with Crippen LogP contribution in [-0.2, 0) is 0 Å². The van der Waals surface area contributed by atoms with Gasteiger partial charge in [0.15, 0.2) is 0 Å². The number of hydrogen-bond donors (Lipinski definition) is 1. The second-order valence-corrected chi connectivity index (χ2v) is 6.46. The first-order valence-corrected chi connectivity index (χ1v) is 9.18. The van der Waals surface area contributed by atoms with E-state index in [1.165, 1.54) is 0 Å². The lowest BCUT2D eigenvalue weighted by atomic mass is 10.0. The highest BCUT2D eigenvalue weighted by atomic mass is 16.5. The molecule has 0 saturated carbocycles. The number of nitrogens with zero attached hydrogens (tertiary/aromatic N) is 1. The third-order valence-electron chi connectivity index (χ3n) is 4.70. The lowest BCUT2D eigenvalue weighted by Crippen LogP contribution is -2.13. The van der Waals surface area contributed by atoms with Crippen LogP contribution in [0.15, 0.2) is 78.9 Å². The van der Waals surface area contributed by atoms with E-state index in [-0.39, 0.29) is 5.91 Å². The minimum atomic E-state index is -0.220. The van der Waals surface area contributed by atoms with Gasteiger partial charge in [-0.3, -0.25) is 4.79 Å². The number of para-hydroxylation sites is 3. The fourth-order valence-electron chi connectivity index (χ4n) is 3.21. The summed E-state index contributed by atoms with van der Waals surface area (Å²) in [5.41, 5.74) is 3.55. The van der Waals surface area contributed by atoms with Gasteiger partial charge in [0, 0.05) is 10.9 Å². The molecular weight excluding hydrogens is 364 g/mol. The van der Waals surface area contributed by atoms with Gasteiger partial charge in [-0.2, -0.15) is 0 Å². The molecule has 1 aromatic heterocycles. The number of rotatable bonds is 5. The van der Waals surface area contributed by atoms with Crippen molar-refractivity contribution in [1.29, 1.82) is 0 Å². The van der Waals surface area contributed by atoms with Crippen LogP contribution in [0.2, 0.25) is 0 Å². The van der Waals surface area contributed by atoms with E-state index in [1.807, 2.05) is 78.9 Å². The van der Waals surface area contributed by atoms with Crippen molar-refractivity contribution in [2.24, 2.45) is 0 Å². The van der Waals surface area contributed by atoms with Crippen LogP contribution in [0.5, 0.6) is 11.5 Å². The van der Waals surface area contributed by atoms with E-state index in [1.54, 1.807) is 14.2 Å². The van der Waals surface area contributed by atoms with Crippen molar-refractivity contribution in [1.82, 2.24) is 4.98 Å². The third kappa shape index (κ3) is 3.75. The quantitative estimate of drug-likeness (QED) is 0.516. The minimum Gasteiger partial charge on any atom is -0.497 e. The summed E-state index contributed by atoms with van der Waals surface area (Å²) in [5, 5.41) is 3.74. The fourth-order valence-corrected chi connectivity index (χ4v) is 3.21. The van der Waals surface area contributed by atoms with Gasteiger partial charge in [-0.25, -0.2) is 4.98 Å². The molecule has 0 fully saturated rings. The molecule has 0 bridgehead atoms. The van der Waals surface area contributed by atoms with Gasteiger partial charge in [0.1, 0.15) is 11.5 Å². The number of methoxy groups -OCH3 is 2. The second kappa shape index (κ2) is 8.02. The summed E-state index contributed by atoms with van der Waals surface area (Å²) in [6.07, 6.45) is 0. The van der Waals surface area contributed by atoms with Gasteiger partial charge in [0.25, 0.3) is 5.91 Å². The Labute approximate surface area is 168 Å². The van der Waals surface area contributed by atoms with E-state index in [2.05, 4.69) is 5.32 Å². The summed E-state index contributed by atoms with van der Waals surface area (Å²) < 4.78 is 10.6. The molecule has 0 aliphatic carbocycles. The topological polar surface area (TPSA) is 60.5 Å². The summed E-state index contributed by atoms with van der Waals surface area (Å²) in [6.45, 7) is 0. The van der Waals surface area contributed by atoms with E-state index in [9.17, 15) is 4.79 Å². The molecular formula is C24H20N2O3. The van der Waals surface area contributed by atoms with Crippen LogP contribution in [0.3, 0.4) is 0 Å². The molecule has 0 saturated heterocycles. The molecule has 144 valence electrons. The molecule has 0 unspecified atom stereocenters. The number of carbonyl (C=O) groups is 1. The summed E-state index contributed by atoms with van der Waals surface area (Å²) in [4.78, 5) is 17.9. The highest BCUT2D eigenvalue weighted by Gasteiger charge is 2.15. The van der Waals surface area contributed by atoms with Crippen LogP contribution in [0.4, 0.5) is 5.69 Å². The van der Waals surface area contributed by atoms with Gasteiger partial charge in [0.05, 0.1) is 36.7 Å². The van der Waals surface area contributed by atoms with Crippen molar-refractivity contribution in [3.05, 3.63) is 84.4 Å². The predicted molar refractivity (Wildman–Crippen MR) is 115 cm³/mol. The molecule has 4 rings (SSSR count). The van der Waals surface area contributed by atoms with Gasteiger partial charge in [0.2, 0.25) is 0 Å². The molecule has 0 aliphatic heterocycles. The van der Waals surface area contributed by atoms with Crippen molar-refractivity contribution in [2.45, 2.75) is 0 Å². The summed E-state index contributed by atoms with van der Waals surface area (Å²) in [7, 11) is 3.21. The standard InChI is InChI=1S/C24H20N2O3/c1-28-17-13-11-16(12-14-17)22-15-19(18-7-3-4-8-20(18)25-22)24(27)26-21-9-5-6-10-23(21)29-2/h3-15H,1-2H3,(H,26,27). The number of pyridine rings is 1. The van der Waals surface area contributed by atoms with Crippen molar-refractivity contribution in [3.8, 4) is 22.8 Å². The predicted octanol–water partition coefficient (Wildman–Crippen LogP) is 5.17. The largest absolute Gasteiger partial charge is 0.497 e. The Balaban J connectivity index is 1.79. The number of amides is 1. The van der Waals surface area contributed by atoms with Gasteiger partial charge in [-0.15, -0.1) is 0 Å². The van der Waals surface area contributed by atoms with Crippen molar-refractivity contribution in [2.75, 3.05) is 19.5 Å². The van der Waals surface area contributed by atoms with Crippen LogP contribution >= 0.6 is 0 Å². The molecule has 4 aromatic rings. The van der Waals surface area contributed by atoms with Crippen LogP contribution < -0.4 is 14.8 Å². The zero-order valence-electron chi connectivity index (χ0n) is 16.2. The maximum Gasteiger partial charge on any atom is 0.256 e. The highest BCUT2D eigenvalue weighted by molar-refractivity contribution is 6.13. The Morgan fingerprint density at radius 1 is 0.862 bits per heavy atom. The first-order valence-electron chi connectivity index (χ1n) is 9.18. The molecule has 1 heterocycles. The zero-order chi connectivity index (χ0) is 20.2. The van der Waals surface area contributed by atoms with Crippen LogP contribution in [0.1, 0.15) is 10.4 Å². The van der Waals surface area contributed by atoms with Crippen LogP contribution in [0, 0.1) is 0 Å². The molecule has 3 aromatic carbocycles. The molecule has 5 heteroatoms. The van der Waals surface area contributed by atoms with Crippen molar-refractivity contribution >= 4 is 22.5 Å². The lowest BCUT2D eigenvalue weighted by Gasteiger charge is -2.13. The summed E-state index contributed by atoms with van der Waals surface area (Å²) in [6, 6.07) is 24.4. The number of aromatic nitrogens is 1. The van der Waals surface area contributed by atoms with E-state index in [0.29, 0.717) is 17.0 Å². The molecule has 0 spiro atoms. The second-order valence-electron chi connectivity index (χ2n) is 6.46. The first-order chi connectivity index (χ1) is 14.2. The monoisotopic (exact) mass is 384 g/mol. The molecule has 1 N–H and O–H groups in total. The summed E-state index contributed by atoms with van der Waals surface area (Å²) in [5.74, 6) is 1.15. The van der Waals surface area contributed by atoms with Crippen molar-refractivity contribution in [3.63, 3.8) is 0 Å². The first kappa shape index (κ1) is 18.5. The number of fused-ring (bicyclic) bond motifs is 1. The van der Waals surface area contributed by atoms with E-state index in [0.717, 1.165) is 27.9 Å². The number of hydrogen-bond acceptors (Lipinski definition) is 4. The average molecular weight is 384 g/mol. The Bertz CT molecular complexity index is 1170. The van der Waals surface area contributed by atoms with Gasteiger partial charge >= 0.3 is 0 Å². The highest BCUT2D eigenvalue weighted by Crippen LogP contribution is 2.28. The van der Waals surface area contributed by atoms with Gasteiger partial charge in [-0.05, 0) is 48.5 Å².